The Hall–Kier alpha value is -2.02. The third kappa shape index (κ3) is 4.38. The van der Waals surface area contributed by atoms with Crippen LogP contribution in [0, 0.1) is 0 Å². The van der Waals surface area contributed by atoms with Crippen LogP contribution in [-0.4, -0.2) is 50.8 Å². The summed E-state index contributed by atoms with van der Waals surface area (Å²) in [5, 5.41) is 3.48. The molecule has 2 aromatic rings. The van der Waals surface area contributed by atoms with Gasteiger partial charge >= 0.3 is 0 Å². The Balaban J connectivity index is 0.00000243. The van der Waals surface area contributed by atoms with E-state index in [0.717, 1.165) is 31.7 Å². The van der Waals surface area contributed by atoms with E-state index in [1.165, 1.54) is 5.56 Å². The molecule has 0 spiro atoms. The molecule has 1 unspecified atom stereocenters. The van der Waals surface area contributed by atoms with Gasteiger partial charge in [-0.3, -0.25) is 9.88 Å². The first-order chi connectivity index (χ1) is 12.3. The summed E-state index contributed by atoms with van der Waals surface area (Å²) in [6.45, 7) is 3.69. The summed E-state index contributed by atoms with van der Waals surface area (Å²) in [6.07, 6.45) is 3.70. The molecule has 26 heavy (non-hydrogen) atoms. The molecule has 3 rings (SSSR count). The minimum absolute atomic E-state index is 0. The van der Waals surface area contributed by atoms with E-state index < -0.39 is 0 Å². The molecule has 1 saturated heterocycles. The van der Waals surface area contributed by atoms with Gasteiger partial charge in [0.1, 0.15) is 0 Å². The lowest BCUT2D eigenvalue weighted by molar-refractivity contribution is 0.153. The third-order valence-electron chi connectivity index (χ3n) is 4.56. The standard InChI is InChI=1S/C19H25N3O3.ClH/c1-23-17-10-14(11-18(24-2)19(17)25-3)13-22-9-8-21-12-16(22)15-4-6-20-7-5-15;/h4-7,10-11,16,21H,8-9,12-13H2,1-3H3;1H. The average Bonchev–Trinajstić information content (AvgIpc) is 2.68. The molecule has 0 saturated carbocycles. The highest BCUT2D eigenvalue weighted by molar-refractivity contribution is 5.85. The van der Waals surface area contributed by atoms with Gasteiger partial charge in [0.2, 0.25) is 5.75 Å². The van der Waals surface area contributed by atoms with Crippen molar-refractivity contribution in [1.29, 1.82) is 0 Å². The molecule has 1 aromatic carbocycles. The number of ether oxygens (including phenoxy) is 3. The Kier molecular flexibility index (Phi) is 7.50. The van der Waals surface area contributed by atoms with E-state index in [0.29, 0.717) is 23.3 Å². The third-order valence-corrected chi connectivity index (χ3v) is 4.56. The number of aromatic nitrogens is 1. The molecule has 1 aliphatic heterocycles. The zero-order chi connectivity index (χ0) is 17.6. The maximum Gasteiger partial charge on any atom is 0.203 e. The van der Waals surface area contributed by atoms with Crippen LogP contribution < -0.4 is 19.5 Å². The summed E-state index contributed by atoms with van der Waals surface area (Å²) >= 11 is 0. The second-order valence-corrected chi connectivity index (χ2v) is 6.00. The zero-order valence-corrected chi connectivity index (χ0v) is 16.2. The fraction of sp³-hybridized carbons (Fsp3) is 0.421. The van der Waals surface area contributed by atoms with Crippen LogP contribution in [-0.2, 0) is 6.54 Å². The van der Waals surface area contributed by atoms with Gasteiger partial charge in [0.05, 0.1) is 21.3 Å². The van der Waals surface area contributed by atoms with Crippen molar-refractivity contribution < 1.29 is 14.2 Å². The molecule has 6 nitrogen and oxygen atoms in total. The van der Waals surface area contributed by atoms with Crippen molar-refractivity contribution in [2.75, 3.05) is 41.0 Å². The van der Waals surface area contributed by atoms with Crippen molar-refractivity contribution in [2.45, 2.75) is 12.6 Å². The first-order valence-electron chi connectivity index (χ1n) is 8.40. The normalized spacial score (nSPS) is 17.3. The second kappa shape index (κ2) is 9.62. The largest absolute Gasteiger partial charge is 0.493 e. The number of pyridine rings is 1. The minimum Gasteiger partial charge on any atom is -0.493 e. The molecule has 0 bridgehead atoms. The van der Waals surface area contributed by atoms with E-state index >= 15 is 0 Å². The SMILES string of the molecule is COc1cc(CN2CCNCC2c2ccncc2)cc(OC)c1OC.Cl. The predicted molar refractivity (Wildman–Crippen MR) is 104 cm³/mol. The maximum atomic E-state index is 5.48. The lowest BCUT2D eigenvalue weighted by Gasteiger charge is -2.36. The molecule has 1 aromatic heterocycles. The molecule has 1 atom stereocenters. The number of nitrogens with one attached hydrogen (secondary N) is 1. The minimum atomic E-state index is 0. The van der Waals surface area contributed by atoms with Crippen molar-refractivity contribution >= 4 is 12.4 Å². The molecule has 1 aliphatic rings. The molecule has 1 N–H and O–H groups in total. The van der Waals surface area contributed by atoms with Crippen LogP contribution >= 0.6 is 12.4 Å². The fourth-order valence-electron chi connectivity index (χ4n) is 3.31. The van der Waals surface area contributed by atoms with Crippen molar-refractivity contribution in [3.63, 3.8) is 0 Å². The van der Waals surface area contributed by atoms with Crippen molar-refractivity contribution in [1.82, 2.24) is 15.2 Å². The number of benzene rings is 1. The van der Waals surface area contributed by atoms with Crippen molar-refractivity contribution in [3.8, 4) is 17.2 Å². The van der Waals surface area contributed by atoms with Gasteiger partial charge in [-0.25, -0.2) is 0 Å². The van der Waals surface area contributed by atoms with Crippen LogP contribution in [0.3, 0.4) is 0 Å². The van der Waals surface area contributed by atoms with Gasteiger partial charge in [-0.2, -0.15) is 0 Å². The summed E-state index contributed by atoms with van der Waals surface area (Å²) in [6, 6.07) is 8.52. The highest BCUT2D eigenvalue weighted by atomic mass is 35.5. The molecule has 1 fully saturated rings. The molecule has 2 heterocycles. The second-order valence-electron chi connectivity index (χ2n) is 6.00. The monoisotopic (exact) mass is 379 g/mol. The first-order valence-corrected chi connectivity index (χ1v) is 8.40. The Bertz CT molecular complexity index is 675. The molecular formula is C19H26ClN3O3. The van der Waals surface area contributed by atoms with Gasteiger partial charge in [-0.1, -0.05) is 0 Å². The number of hydrogen-bond donors (Lipinski definition) is 1. The molecular weight excluding hydrogens is 354 g/mol. The van der Waals surface area contributed by atoms with E-state index in [2.05, 4.69) is 27.3 Å². The summed E-state index contributed by atoms with van der Waals surface area (Å²) in [4.78, 5) is 6.59. The highest BCUT2D eigenvalue weighted by Crippen LogP contribution is 2.39. The molecule has 7 heteroatoms. The molecule has 0 amide bonds. The molecule has 142 valence electrons. The van der Waals surface area contributed by atoms with Crippen LogP contribution in [0.4, 0.5) is 0 Å². The summed E-state index contributed by atoms with van der Waals surface area (Å²) in [7, 11) is 4.91. The Morgan fingerprint density at radius 2 is 1.73 bits per heavy atom. The number of rotatable bonds is 6. The van der Waals surface area contributed by atoms with E-state index in [4.69, 9.17) is 14.2 Å². The molecule has 0 aliphatic carbocycles. The van der Waals surface area contributed by atoms with Crippen LogP contribution in [0.5, 0.6) is 17.2 Å². The lowest BCUT2D eigenvalue weighted by Crippen LogP contribution is -2.45. The van der Waals surface area contributed by atoms with Gasteiger partial charge in [-0.05, 0) is 35.4 Å². The quantitative estimate of drug-likeness (QED) is 0.832. The number of halogens is 1. The average molecular weight is 380 g/mol. The van der Waals surface area contributed by atoms with Gasteiger partial charge in [-0.15, -0.1) is 12.4 Å². The van der Waals surface area contributed by atoms with Crippen LogP contribution in [0.15, 0.2) is 36.7 Å². The Morgan fingerprint density at radius 1 is 1.08 bits per heavy atom. The number of nitrogens with zero attached hydrogens (tertiary/aromatic N) is 2. The Labute approximate surface area is 160 Å². The topological polar surface area (TPSA) is 55.9 Å². The van der Waals surface area contributed by atoms with E-state index in [-0.39, 0.29) is 12.4 Å². The summed E-state index contributed by atoms with van der Waals surface area (Å²) < 4.78 is 16.4. The van der Waals surface area contributed by atoms with E-state index in [1.54, 1.807) is 21.3 Å². The fourth-order valence-corrected chi connectivity index (χ4v) is 3.31. The van der Waals surface area contributed by atoms with Gasteiger partial charge in [0, 0.05) is 44.6 Å². The van der Waals surface area contributed by atoms with Gasteiger partial charge in [0.15, 0.2) is 11.5 Å². The Morgan fingerprint density at radius 3 is 2.31 bits per heavy atom. The number of methoxy groups -OCH3 is 3. The van der Waals surface area contributed by atoms with Crippen molar-refractivity contribution in [2.24, 2.45) is 0 Å². The lowest BCUT2D eigenvalue weighted by atomic mass is 10.0. The summed E-state index contributed by atoms with van der Waals surface area (Å²) in [5.41, 5.74) is 2.41. The van der Waals surface area contributed by atoms with E-state index in [1.807, 2.05) is 24.5 Å². The van der Waals surface area contributed by atoms with Crippen LogP contribution in [0.25, 0.3) is 0 Å². The summed E-state index contributed by atoms with van der Waals surface area (Å²) in [5.74, 6) is 2.00. The first kappa shape index (κ1) is 20.3. The van der Waals surface area contributed by atoms with Crippen molar-refractivity contribution in [3.05, 3.63) is 47.8 Å². The maximum absolute atomic E-state index is 5.48. The highest BCUT2D eigenvalue weighted by Gasteiger charge is 2.24. The van der Waals surface area contributed by atoms with Gasteiger partial charge < -0.3 is 19.5 Å². The zero-order valence-electron chi connectivity index (χ0n) is 15.4. The van der Waals surface area contributed by atoms with E-state index in [9.17, 15) is 0 Å². The van der Waals surface area contributed by atoms with Crippen LogP contribution in [0.2, 0.25) is 0 Å². The molecule has 0 radical (unpaired) electrons. The van der Waals surface area contributed by atoms with Crippen LogP contribution in [0.1, 0.15) is 17.2 Å². The number of hydrogen-bond acceptors (Lipinski definition) is 6. The predicted octanol–water partition coefficient (Wildman–Crippen LogP) is 2.68. The number of piperazine rings is 1. The smallest absolute Gasteiger partial charge is 0.203 e. The van der Waals surface area contributed by atoms with Gasteiger partial charge in [0.25, 0.3) is 0 Å².